The smallest absolute Gasteiger partial charge is 0.160 e. The van der Waals surface area contributed by atoms with Gasteiger partial charge in [-0.05, 0) is 64.5 Å². The molecule has 0 aliphatic rings. The highest BCUT2D eigenvalue weighted by molar-refractivity contribution is 6.21. The molecule has 63 heavy (non-hydrogen) atoms. The van der Waals surface area contributed by atoms with Crippen LogP contribution in [0.4, 0.5) is 0 Å². The van der Waals surface area contributed by atoms with E-state index in [2.05, 4.69) is 211 Å². The third-order valence-electron chi connectivity index (χ3n) is 12.2. The van der Waals surface area contributed by atoms with Crippen LogP contribution in [0.5, 0.6) is 0 Å². The van der Waals surface area contributed by atoms with Gasteiger partial charge in [-0.25, -0.2) is 15.0 Å². The number of fused-ring (bicyclic) bond motifs is 6. The number of aromatic nitrogens is 4. The SMILES string of the molecule is c1ccc(-c2cccc(-c3cc(-c4ccc(-c5cccc6c5nc(-c5ccccc5)c5cc7c8ccccc8n(-c8ccccc8)c7cc56)cc4)nc(-c4ccccc4)n3)c2)cc1. The molecule has 4 heteroatoms. The second kappa shape index (κ2) is 15.2. The van der Waals surface area contributed by atoms with Gasteiger partial charge in [0.2, 0.25) is 0 Å². The van der Waals surface area contributed by atoms with Gasteiger partial charge in [0.25, 0.3) is 0 Å². The first-order valence-electron chi connectivity index (χ1n) is 21.4. The van der Waals surface area contributed by atoms with Gasteiger partial charge in [0, 0.05) is 55.0 Å². The molecular formula is C59H38N4. The normalized spacial score (nSPS) is 11.5. The summed E-state index contributed by atoms with van der Waals surface area (Å²) in [5.41, 5.74) is 15.8. The van der Waals surface area contributed by atoms with E-state index in [1.807, 2.05) is 24.3 Å². The number of pyridine rings is 1. The molecule has 0 bridgehead atoms. The molecule has 4 nitrogen and oxygen atoms in total. The van der Waals surface area contributed by atoms with Crippen molar-refractivity contribution < 1.29 is 0 Å². The molecule has 0 saturated carbocycles. The molecule has 0 aliphatic carbocycles. The average Bonchev–Trinajstić information content (AvgIpc) is 3.69. The number of hydrogen-bond acceptors (Lipinski definition) is 3. The Morgan fingerprint density at radius 2 is 0.857 bits per heavy atom. The molecule has 0 amide bonds. The molecule has 0 fully saturated rings. The van der Waals surface area contributed by atoms with E-state index < -0.39 is 0 Å². The lowest BCUT2D eigenvalue weighted by molar-refractivity contribution is 1.18. The molecule has 3 aromatic heterocycles. The van der Waals surface area contributed by atoms with Crippen LogP contribution in [0.3, 0.4) is 0 Å². The van der Waals surface area contributed by atoms with Gasteiger partial charge in [0.15, 0.2) is 5.82 Å². The maximum atomic E-state index is 5.57. The van der Waals surface area contributed by atoms with E-state index in [9.17, 15) is 0 Å². The van der Waals surface area contributed by atoms with Crippen molar-refractivity contribution in [3.63, 3.8) is 0 Å². The number of nitrogens with zero attached hydrogens (tertiary/aromatic N) is 4. The van der Waals surface area contributed by atoms with Crippen molar-refractivity contribution in [1.82, 2.24) is 19.5 Å². The molecule has 0 saturated heterocycles. The van der Waals surface area contributed by atoms with E-state index in [4.69, 9.17) is 15.0 Å². The largest absolute Gasteiger partial charge is 0.309 e. The Hall–Kier alpha value is -8.47. The molecule has 0 spiro atoms. The number of para-hydroxylation sites is 3. The van der Waals surface area contributed by atoms with Crippen molar-refractivity contribution in [2.75, 3.05) is 0 Å². The molecule has 0 N–H and O–H groups in total. The van der Waals surface area contributed by atoms with E-state index in [1.165, 1.54) is 32.8 Å². The first-order valence-corrected chi connectivity index (χ1v) is 21.4. The summed E-state index contributed by atoms with van der Waals surface area (Å²) >= 11 is 0. The van der Waals surface area contributed by atoms with E-state index in [0.29, 0.717) is 5.82 Å². The number of rotatable bonds is 7. The van der Waals surface area contributed by atoms with Gasteiger partial charge in [-0.3, -0.25) is 0 Å². The predicted molar refractivity (Wildman–Crippen MR) is 262 cm³/mol. The minimum atomic E-state index is 0.691. The average molecular weight is 803 g/mol. The molecule has 0 aliphatic heterocycles. The predicted octanol–water partition coefficient (Wildman–Crippen LogP) is 15.3. The van der Waals surface area contributed by atoms with E-state index in [-0.39, 0.29) is 0 Å². The lowest BCUT2D eigenvalue weighted by Crippen LogP contribution is -1.96. The Bertz CT molecular complexity index is 3640. The van der Waals surface area contributed by atoms with Crippen molar-refractivity contribution in [3.05, 3.63) is 231 Å². The Morgan fingerprint density at radius 3 is 1.60 bits per heavy atom. The second-order valence-electron chi connectivity index (χ2n) is 16.0. The van der Waals surface area contributed by atoms with Crippen LogP contribution >= 0.6 is 0 Å². The van der Waals surface area contributed by atoms with Crippen LogP contribution in [0.2, 0.25) is 0 Å². The highest BCUT2D eigenvalue weighted by Crippen LogP contribution is 2.42. The highest BCUT2D eigenvalue weighted by Gasteiger charge is 2.19. The summed E-state index contributed by atoms with van der Waals surface area (Å²) in [5, 5.41) is 5.84. The van der Waals surface area contributed by atoms with Crippen molar-refractivity contribution in [2.45, 2.75) is 0 Å². The first-order chi connectivity index (χ1) is 31.2. The van der Waals surface area contributed by atoms with Crippen LogP contribution in [0.25, 0.3) is 117 Å². The molecule has 12 aromatic rings. The molecule has 3 heterocycles. The van der Waals surface area contributed by atoms with Gasteiger partial charge in [-0.2, -0.15) is 0 Å². The fourth-order valence-corrected chi connectivity index (χ4v) is 9.16. The van der Waals surface area contributed by atoms with Crippen LogP contribution in [0, 0.1) is 0 Å². The summed E-state index contributed by atoms with van der Waals surface area (Å²) in [6.07, 6.45) is 0. The van der Waals surface area contributed by atoms with Crippen LogP contribution < -0.4 is 0 Å². The topological polar surface area (TPSA) is 43.6 Å². The Kier molecular flexibility index (Phi) is 8.79. The highest BCUT2D eigenvalue weighted by atomic mass is 15.0. The second-order valence-corrected chi connectivity index (χ2v) is 16.0. The molecule has 0 atom stereocenters. The van der Waals surface area contributed by atoms with Gasteiger partial charge in [-0.15, -0.1) is 0 Å². The molecule has 0 radical (unpaired) electrons. The number of benzene rings is 9. The van der Waals surface area contributed by atoms with Gasteiger partial charge >= 0.3 is 0 Å². The summed E-state index contributed by atoms with van der Waals surface area (Å²) in [6.45, 7) is 0. The summed E-state index contributed by atoms with van der Waals surface area (Å²) in [5.74, 6) is 0.691. The zero-order valence-electron chi connectivity index (χ0n) is 34.2. The quantitative estimate of drug-likeness (QED) is 0.151. The third kappa shape index (κ3) is 6.44. The Labute approximate surface area is 365 Å². The van der Waals surface area contributed by atoms with Gasteiger partial charge in [-0.1, -0.05) is 188 Å². The summed E-state index contributed by atoms with van der Waals surface area (Å²) in [6, 6.07) is 81.5. The maximum Gasteiger partial charge on any atom is 0.160 e. The zero-order valence-corrected chi connectivity index (χ0v) is 34.2. The summed E-state index contributed by atoms with van der Waals surface area (Å²) in [7, 11) is 0. The van der Waals surface area contributed by atoms with Crippen molar-refractivity contribution >= 4 is 43.5 Å². The van der Waals surface area contributed by atoms with Crippen molar-refractivity contribution in [2.24, 2.45) is 0 Å². The lowest BCUT2D eigenvalue weighted by Gasteiger charge is -2.15. The van der Waals surface area contributed by atoms with Crippen LogP contribution in [0.15, 0.2) is 231 Å². The molecule has 0 unspecified atom stereocenters. The van der Waals surface area contributed by atoms with Crippen molar-refractivity contribution in [1.29, 1.82) is 0 Å². The molecule has 12 rings (SSSR count). The van der Waals surface area contributed by atoms with Crippen LogP contribution in [0.1, 0.15) is 0 Å². The monoisotopic (exact) mass is 802 g/mol. The van der Waals surface area contributed by atoms with Gasteiger partial charge in [0.05, 0.1) is 33.6 Å². The standard InChI is InChI=1S/C59H38N4/c1-5-17-39(18-6-1)44-23-15-24-45(35-44)54-38-53(60-59(61-54)43-21-9-3-10-22-43)41-33-31-40(32-34-41)47-28-16-29-49-50-37-56-51(36-52(50)57(62-58(47)49)42-19-7-2-8-20-42)48-27-13-14-30-55(48)63(56)46-25-11-4-12-26-46/h1-38H. The summed E-state index contributed by atoms with van der Waals surface area (Å²) < 4.78 is 2.39. The Balaban J connectivity index is 1.02. The zero-order chi connectivity index (χ0) is 41.7. The van der Waals surface area contributed by atoms with Gasteiger partial charge < -0.3 is 4.57 Å². The van der Waals surface area contributed by atoms with Crippen LogP contribution in [-0.2, 0) is 0 Å². The van der Waals surface area contributed by atoms with Gasteiger partial charge in [0.1, 0.15) is 0 Å². The molecule has 9 aromatic carbocycles. The third-order valence-corrected chi connectivity index (χ3v) is 12.2. The fraction of sp³-hybridized carbons (Fsp3) is 0. The number of hydrogen-bond donors (Lipinski definition) is 0. The lowest BCUT2D eigenvalue weighted by atomic mass is 9.94. The fourth-order valence-electron chi connectivity index (χ4n) is 9.16. The van der Waals surface area contributed by atoms with E-state index >= 15 is 0 Å². The van der Waals surface area contributed by atoms with E-state index in [0.717, 1.165) is 78.0 Å². The van der Waals surface area contributed by atoms with Crippen molar-refractivity contribution in [3.8, 4) is 73.1 Å². The minimum Gasteiger partial charge on any atom is -0.309 e. The molecule has 294 valence electrons. The minimum absolute atomic E-state index is 0.691. The summed E-state index contributed by atoms with van der Waals surface area (Å²) in [4.78, 5) is 15.9. The van der Waals surface area contributed by atoms with E-state index in [1.54, 1.807) is 0 Å². The maximum absolute atomic E-state index is 5.57. The molecular weight excluding hydrogens is 765 g/mol. The first kappa shape index (κ1) is 36.4. The van der Waals surface area contributed by atoms with Crippen LogP contribution in [-0.4, -0.2) is 19.5 Å². The Morgan fingerprint density at radius 1 is 0.286 bits per heavy atom.